The quantitative estimate of drug-likeness (QED) is 0.414. The predicted octanol–water partition coefficient (Wildman–Crippen LogP) is 5.47. The Bertz CT molecular complexity index is 1030. The van der Waals surface area contributed by atoms with E-state index in [0.717, 1.165) is 25.2 Å². The molecule has 2 aromatic rings. The number of nitrogens with one attached hydrogen (secondary N) is 1. The summed E-state index contributed by atoms with van der Waals surface area (Å²) < 4.78 is 37.2. The van der Waals surface area contributed by atoms with Crippen LogP contribution in [-0.4, -0.2) is 66.3 Å². The summed E-state index contributed by atoms with van der Waals surface area (Å²) in [6.45, 7) is 4.80. The Morgan fingerprint density at radius 1 is 1.21 bits per heavy atom. The summed E-state index contributed by atoms with van der Waals surface area (Å²) in [5.41, 5.74) is 0.00469. The number of piperidine rings is 1. The van der Waals surface area contributed by atoms with Gasteiger partial charge in [-0.2, -0.15) is 13.9 Å². The number of carbonyl (C=O) groups is 2. The molecule has 11 heteroatoms. The molecule has 38 heavy (non-hydrogen) atoms. The molecule has 0 aliphatic carbocycles. The Labute approximate surface area is 227 Å². The number of nitrogens with zero attached hydrogens (tertiary/aromatic N) is 3. The van der Waals surface area contributed by atoms with Crippen molar-refractivity contribution in [2.24, 2.45) is 0 Å². The van der Waals surface area contributed by atoms with E-state index in [4.69, 9.17) is 16.3 Å². The number of carbonyl (C=O) groups excluding carboxylic acids is 2. The van der Waals surface area contributed by atoms with E-state index in [2.05, 4.69) is 20.1 Å². The van der Waals surface area contributed by atoms with E-state index in [9.17, 15) is 18.4 Å². The Hall–Kier alpha value is -2.56. The molecule has 0 spiro atoms. The van der Waals surface area contributed by atoms with Crippen molar-refractivity contribution in [3.05, 3.63) is 41.2 Å². The largest absolute Gasteiger partial charge is 0.433 e. The molecule has 210 valence electrons. The highest BCUT2D eigenvalue weighted by molar-refractivity contribution is 6.30. The van der Waals surface area contributed by atoms with Gasteiger partial charge in [0.05, 0.1) is 5.69 Å². The molecule has 2 aliphatic heterocycles. The number of aldehydes is 1. The van der Waals surface area contributed by atoms with Crippen molar-refractivity contribution < 1.29 is 27.8 Å². The molecule has 1 aromatic heterocycles. The average Bonchev–Trinajstić information content (AvgIpc) is 3.41. The number of rotatable bonds is 9. The molecule has 2 aliphatic rings. The Morgan fingerprint density at radius 2 is 1.92 bits per heavy atom. The van der Waals surface area contributed by atoms with E-state index in [1.165, 1.54) is 37.5 Å². The standard InChI is InChI=1S/C22H27ClF2N4O3.C5H10O/c1-15(2)18-6-9-26-29(18)22(7-11-28(12-8-22)10-3-13-30)20(31)27-17-5-4-16(23)14-19(17)32-21(24)25;1-2-4-6-5-3-1/h4-6,9,13-15,21H,3,7-8,10-12H2,1-2H3,(H,27,31);1-5H2. The van der Waals surface area contributed by atoms with Gasteiger partial charge in [-0.25, -0.2) is 0 Å². The lowest BCUT2D eigenvalue weighted by Gasteiger charge is -2.41. The van der Waals surface area contributed by atoms with Gasteiger partial charge in [-0.3, -0.25) is 9.48 Å². The minimum atomic E-state index is -3.06. The number of likely N-dealkylation sites (tertiary alicyclic amines) is 1. The van der Waals surface area contributed by atoms with E-state index >= 15 is 0 Å². The second-order valence-corrected chi connectivity index (χ2v) is 10.2. The molecular formula is C27H37ClF2N4O4. The van der Waals surface area contributed by atoms with Crippen molar-refractivity contribution in [2.75, 3.05) is 38.2 Å². The number of hydrogen-bond acceptors (Lipinski definition) is 6. The van der Waals surface area contributed by atoms with Gasteiger partial charge < -0.3 is 24.5 Å². The fourth-order valence-corrected chi connectivity index (χ4v) is 4.91. The first-order valence-electron chi connectivity index (χ1n) is 13.1. The van der Waals surface area contributed by atoms with Gasteiger partial charge >= 0.3 is 6.61 Å². The van der Waals surface area contributed by atoms with Crippen LogP contribution in [0.5, 0.6) is 5.75 Å². The smallest absolute Gasteiger partial charge is 0.387 e. The topological polar surface area (TPSA) is 85.7 Å². The molecule has 0 unspecified atom stereocenters. The molecule has 4 rings (SSSR count). The number of amides is 1. The van der Waals surface area contributed by atoms with Gasteiger partial charge in [0.15, 0.2) is 5.75 Å². The fourth-order valence-electron chi connectivity index (χ4n) is 4.74. The maximum absolute atomic E-state index is 13.7. The molecule has 2 fully saturated rings. The van der Waals surface area contributed by atoms with Gasteiger partial charge in [-0.05, 0) is 56.2 Å². The summed E-state index contributed by atoms with van der Waals surface area (Å²) in [5.74, 6) is -0.438. The van der Waals surface area contributed by atoms with E-state index in [0.29, 0.717) is 38.9 Å². The van der Waals surface area contributed by atoms with E-state index in [-0.39, 0.29) is 28.3 Å². The van der Waals surface area contributed by atoms with Crippen LogP contribution >= 0.6 is 11.6 Å². The van der Waals surface area contributed by atoms with Crippen molar-refractivity contribution in [2.45, 2.75) is 70.4 Å². The second kappa shape index (κ2) is 14.6. The number of anilines is 1. The average molecular weight is 555 g/mol. The first kappa shape index (κ1) is 30.0. The first-order valence-corrected chi connectivity index (χ1v) is 13.5. The van der Waals surface area contributed by atoms with Crippen LogP contribution in [0.4, 0.5) is 14.5 Å². The molecule has 1 aromatic carbocycles. The van der Waals surface area contributed by atoms with E-state index < -0.39 is 12.2 Å². The summed E-state index contributed by atoms with van der Waals surface area (Å²) in [5, 5.41) is 7.47. The molecule has 1 N–H and O–H groups in total. The predicted molar refractivity (Wildman–Crippen MR) is 142 cm³/mol. The third kappa shape index (κ3) is 7.97. The fraction of sp³-hybridized carbons (Fsp3) is 0.593. The van der Waals surface area contributed by atoms with E-state index in [1.54, 1.807) is 10.9 Å². The van der Waals surface area contributed by atoms with Crippen LogP contribution in [-0.2, 0) is 19.9 Å². The third-order valence-corrected chi connectivity index (χ3v) is 7.06. The highest BCUT2D eigenvalue weighted by atomic mass is 35.5. The number of aromatic nitrogens is 2. The number of benzene rings is 1. The van der Waals surface area contributed by atoms with Crippen LogP contribution in [0, 0.1) is 0 Å². The van der Waals surface area contributed by atoms with Crippen LogP contribution in [0.1, 0.15) is 64.0 Å². The zero-order chi connectivity index (χ0) is 27.5. The van der Waals surface area contributed by atoms with Gasteiger partial charge in [0.2, 0.25) is 0 Å². The van der Waals surface area contributed by atoms with Crippen molar-refractivity contribution >= 4 is 29.5 Å². The number of alkyl halides is 2. The minimum Gasteiger partial charge on any atom is -0.433 e. The van der Waals surface area contributed by atoms with Crippen LogP contribution < -0.4 is 10.1 Å². The van der Waals surface area contributed by atoms with Gasteiger partial charge in [0.25, 0.3) is 5.91 Å². The molecule has 0 bridgehead atoms. The van der Waals surface area contributed by atoms with Gasteiger partial charge in [-0.1, -0.05) is 25.4 Å². The van der Waals surface area contributed by atoms with Crippen molar-refractivity contribution in [3.8, 4) is 5.75 Å². The molecule has 2 saturated heterocycles. The summed E-state index contributed by atoms with van der Waals surface area (Å²) >= 11 is 5.93. The van der Waals surface area contributed by atoms with Gasteiger partial charge in [0.1, 0.15) is 11.8 Å². The highest BCUT2D eigenvalue weighted by Crippen LogP contribution is 2.36. The second-order valence-electron chi connectivity index (χ2n) is 9.80. The van der Waals surface area contributed by atoms with E-state index in [1.807, 2.05) is 19.9 Å². The summed E-state index contributed by atoms with van der Waals surface area (Å²) in [6.07, 6.45) is 7.81. The maximum atomic E-state index is 13.7. The molecular weight excluding hydrogens is 518 g/mol. The zero-order valence-corrected chi connectivity index (χ0v) is 22.8. The summed E-state index contributed by atoms with van der Waals surface area (Å²) in [4.78, 5) is 26.6. The lowest BCUT2D eigenvalue weighted by atomic mass is 9.85. The minimum absolute atomic E-state index is 0.112. The van der Waals surface area contributed by atoms with Crippen molar-refractivity contribution in [1.82, 2.24) is 14.7 Å². The third-order valence-electron chi connectivity index (χ3n) is 6.82. The molecule has 0 atom stereocenters. The lowest BCUT2D eigenvalue weighted by molar-refractivity contribution is -0.128. The Balaban J connectivity index is 0.000000585. The van der Waals surface area contributed by atoms with Gasteiger partial charge in [-0.15, -0.1) is 0 Å². The number of hydrogen-bond donors (Lipinski definition) is 1. The van der Waals surface area contributed by atoms with Crippen LogP contribution in [0.15, 0.2) is 30.5 Å². The molecule has 8 nitrogen and oxygen atoms in total. The Kier molecular flexibility index (Phi) is 11.5. The molecule has 1 amide bonds. The SMILES string of the molecule is C1CCOCC1.CC(C)c1ccnn1C1(C(=O)Nc2ccc(Cl)cc2OC(F)F)CCN(CCC=O)CC1. The number of halogens is 3. The first-order chi connectivity index (χ1) is 18.3. The Morgan fingerprint density at radius 3 is 2.47 bits per heavy atom. The van der Waals surface area contributed by atoms with Crippen molar-refractivity contribution in [1.29, 1.82) is 0 Å². The summed E-state index contributed by atoms with van der Waals surface area (Å²) in [7, 11) is 0. The van der Waals surface area contributed by atoms with Gasteiger partial charge in [0, 0.05) is 62.2 Å². The molecule has 0 saturated carbocycles. The molecule has 3 heterocycles. The molecule has 0 radical (unpaired) electrons. The highest BCUT2D eigenvalue weighted by Gasteiger charge is 2.45. The van der Waals surface area contributed by atoms with Crippen LogP contribution in [0.25, 0.3) is 0 Å². The zero-order valence-electron chi connectivity index (χ0n) is 22.0. The summed E-state index contributed by atoms with van der Waals surface area (Å²) in [6, 6.07) is 6.06. The monoisotopic (exact) mass is 554 g/mol. The van der Waals surface area contributed by atoms with Crippen molar-refractivity contribution in [3.63, 3.8) is 0 Å². The maximum Gasteiger partial charge on any atom is 0.387 e. The lowest BCUT2D eigenvalue weighted by Crippen LogP contribution is -2.54. The van der Waals surface area contributed by atoms with Crippen LogP contribution in [0.3, 0.4) is 0 Å². The normalized spacial score (nSPS) is 17.6. The number of ether oxygens (including phenoxy) is 2. The van der Waals surface area contributed by atoms with Crippen LogP contribution in [0.2, 0.25) is 5.02 Å².